The highest BCUT2D eigenvalue weighted by atomic mass is 32.2. The second-order valence-corrected chi connectivity index (χ2v) is 7.23. The van der Waals surface area contributed by atoms with E-state index in [1.165, 1.54) is 0 Å². The molecule has 0 atom stereocenters. The third-order valence-corrected chi connectivity index (χ3v) is 5.92. The van der Waals surface area contributed by atoms with E-state index in [9.17, 15) is 8.42 Å². The third-order valence-electron chi connectivity index (χ3n) is 3.97. The molecule has 20 heavy (non-hydrogen) atoms. The average Bonchev–Trinajstić information content (AvgIpc) is 3.21. The van der Waals surface area contributed by atoms with Gasteiger partial charge in [0.05, 0.1) is 4.90 Å². The number of benzene rings is 1. The van der Waals surface area contributed by atoms with Crippen molar-refractivity contribution in [2.24, 2.45) is 0 Å². The minimum atomic E-state index is -3.55. The largest absolute Gasteiger partial charge is 0.384 e. The van der Waals surface area contributed by atoms with E-state index in [2.05, 4.69) is 0 Å². The summed E-state index contributed by atoms with van der Waals surface area (Å²) < 4.78 is 27.6. The third kappa shape index (κ3) is 1.85. The number of aromatic nitrogens is 1. The maximum Gasteiger partial charge on any atom is 0.210 e. The first kappa shape index (κ1) is 13.2. The Hall–Kier alpha value is -1.75. The molecule has 0 unspecified atom stereocenters. The molecule has 0 bridgehead atoms. The van der Waals surface area contributed by atoms with Crippen molar-refractivity contribution in [3.8, 4) is 0 Å². The highest BCUT2D eigenvalue weighted by Gasteiger charge is 2.33. The second kappa shape index (κ2) is 4.38. The van der Waals surface area contributed by atoms with Crippen molar-refractivity contribution in [3.05, 3.63) is 41.6 Å². The number of nitrogens with zero attached hydrogens (tertiary/aromatic N) is 1. The van der Waals surface area contributed by atoms with Gasteiger partial charge in [0.25, 0.3) is 0 Å². The molecular formula is C15H18N2O2S. The van der Waals surface area contributed by atoms with Crippen molar-refractivity contribution in [2.45, 2.75) is 42.5 Å². The van der Waals surface area contributed by atoms with Crippen LogP contribution in [0.15, 0.2) is 40.1 Å². The van der Waals surface area contributed by atoms with Gasteiger partial charge in [-0.15, -0.1) is 0 Å². The molecule has 2 N–H and O–H groups in total. The first-order valence-electron chi connectivity index (χ1n) is 6.71. The summed E-state index contributed by atoms with van der Waals surface area (Å²) in [7, 11) is -3.55. The van der Waals surface area contributed by atoms with Crippen LogP contribution in [0.4, 0.5) is 5.82 Å². The van der Waals surface area contributed by atoms with Crippen LogP contribution in [0.1, 0.15) is 30.1 Å². The summed E-state index contributed by atoms with van der Waals surface area (Å²) in [5, 5.41) is 0. The van der Waals surface area contributed by atoms with Gasteiger partial charge in [-0.05, 0) is 44.4 Å². The van der Waals surface area contributed by atoms with Crippen molar-refractivity contribution >= 4 is 15.7 Å². The molecular weight excluding hydrogens is 272 g/mol. The van der Waals surface area contributed by atoms with Gasteiger partial charge >= 0.3 is 0 Å². The molecule has 1 aliphatic carbocycles. The Labute approximate surface area is 119 Å². The van der Waals surface area contributed by atoms with Crippen LogP contribution in [0.2, 0.25) is 0 Å². The summed E-state index contributed by atoms with van der Waals surface area (Å²) in [4.78, 5) is 0.566. The number of anilines is 1. The number of sulfone groups is 1. The fourth-order valence-electron chi connectivity index (χ4n) is 2.69. The first-order valence-corrected chi connectivity index (χ1v) is 8.20. The molecule has 2 aromatic rings. The number of hydrogen-bond donors (Lipinski definition) is 1. The number of hydrogen-bond acceptors (Lipinski definition) is 3. The average molecular weight is 290 g/mol. The van der Waals surface area contributed by atoms with Crippen molar-refractivity contribution in [1.29, 1.82) is 0 Å². The summed E-state index contributed by atoms with van der Waals surface area (Å²) in [5.74, 6) is 0.381. The van der Waals surface area contributed by atoms with E-state index in [0.717, 1.165) is 24.1 Å². The smallest absolute Gasteiger partial charge is 0.210 e. The van der Waals surface area contributed by atoms with E-state index in [1.807, 2.05) is 18.4 Å². The van der Waals surface area contributed by atoms with Gasteiger partial charge in [-0.1, -0.05) is 18.2 Å². The van der Waals surface area contributed by atoms with Crippen molar-refractivity contribution in [2.75, 3.05) is 5.73 Å². The lowest BCUT2D eigenvalue weighted by molar-refractivity contribution is 0.595. The quantitative estimate of drug-likeness (QED) is 0.945. The number of rotatable bonds is 3. The molecule has 0 radical (unpaired) electrons. The van der Waals surface area contributed by atoms with Gasteiger partial charge in [0.1, 0.15) is 10.7 Å². The molecule has 0 amide bonds. The van der Waals surface area contributed by atoms with E-state index in [1.54, 1.807) is 30.3 Å². The molecule has 1 heterocycles. The molecule has 1 aromatic carbocycles. The molecule has 5 heteroatoms. The first-order chi connectivity index (χ1) is 9.44. The van der Waals surface area contributed by atoms with Gasteiger partial charge in [0, 0.05) is 11.7 Å². The Kier molecular flexibility index (Phi) is 2.90. The molecule has 1 aliphatic rings. The van der Waals surface area contributed by atoms with Crippen molar-refractivity contribution in [3.63, 3.8) is 0 Å². The Balaban J connectivity index is 2.23. The molecule has 0 saturated heterocycles. The van der Waals surface area contributed by atoms with Gasteiger partial charge in [-0.3, -0.25) is 0 Å². The highest BCUT2D eigenvalue weighted by Crippen LogP contribution is 2.43. The van der Waals surface area contributed by atoms with Crippen molar-refractivity contribution < 1.29 is 8.42 Å². The summed E-state index contributed by atoms with van der Waals surface area (Å²) in [6.07, 6.45) is 2.15. The summed E-state index contributed by atoms with van der Waals surface area (Å²) in [6.45, 7) is 3.77. The molecule has 106 valence electrons. The lowest BCUT2D eigenvalue weighted by Crippen LogP contribution is -2.07. The normalized spacial score (nSPS) is 15.5. The van der Waals surface area contributed by atoms with Crippen LogP contribution in [0.3, 0.4) is 0 Å². The van der Waals surface area contributed by atoms with E-state index in [4.69, 9.17) is 5.73 Å². The molecule has 1 fully saturated rings. The van der Waals surface area contributed by atoms with Gasteiger partial charge in [0.15, 0.2) is 0 Å². The lowest BCUT2D eigenvalue weighted by atomic mass is 10.3. The molecule has 0 aliphatic heterocycles. The van der Waals surface area contributed by atoms with Crippen LogP contribution in [0.5, 0.6) is 0 Å². The van der Waals surface area contributed by atoms with Crippen LogP contribution in [-0.4, -0.2) is 13.0 Å². The Morgan fingerprint density at radius 1 is 1.15 bits per heavy atom. The minimum Gasteiger partial charge on any atom is -0.384 e. The van der Waals surface area contributed by atoms with E-state index >= 15 is 0 Å². The van der Waals surface area contributed by atoms with Crippen LogP contribution in [0, 0.1) is 13.8 Å². The van der Waals surface area contributed by atoms with Crippen LogP contribution >= 0.6 is 0 Å². The van der Waals surface area contributed by atoms with Gasteiger partial charge in [0.2, 0.25) is 9.84 Å². The van der Waals surface area contributed by atoms with Gasteiger partial charge in [-0.25, -0.2) is 8.42 Å². The summed E-state index contributed by atoms with van der Waals surface area (Å²) in [6, 6.07) is 8.84. The van der Waals surface area contributed by atoms with Crippen LogP contribution in [0.25, 0.3) is 0 Å². The molecule has 1 saturated carbocycles. The van der Waals surface area contributed by atoms with Crippen LogP contribution < -0.4 is 5.73 Å². The molecule has 4 nitrogen and oxygen atoms in total. The minimum absolute atomic E-state index is 0.271. The fraction of sp³-hybridized carbons (Fsp3) is 0.333. The highest BCUT2D eigenvalue weighted by molar-refractivity contribution is 7.91. The summed E-state index contributed by atoms with van der Waals surface area (Å²) >= 11 is 0. The number of nitrogen functional groups attached to an aromatic ring is 1. The fourth-order valence-corrected chi connectivity index (χ4v) is 4.36. The van der Waals surface area contributed by atoms with Gasteiger partial charge in [-0.2, -0.15) is 0 Å². The lowest BCUT2D eigenvalue weighted by Gasteiger charge is -2.08. The SMILES string of the molecule is Cc1c(S(=O)(=O)c2ccccc2)c(N)n(C2CC2)c1C. The molecule has 0 spiro atoms. The Morgan fingerprint density at radius 3 is 2.30 bits per heavy atom. The monoisotopic (exact) mass is 290 g/mol. The predicted molar refractivity (Wildman–Crippen MR) is 78.5 cm³/mol. The van der Waals surface area contributed by atoms with E-state index in [0.29, 0.717) is 16.8 Å². The van der Waals surface area contributed by atoms with Gasteiger partial charge < -0.3 is 10.3 Å². The molecule has 3 rings (SSSR count). The second-order valence-electron chi connectivity index (χ2n) is 5.34. The van der Waals surface area contributed by atoms with E-state index in [-0.39, 0.29) is 4.90 Å². The van der Waals surface area contributed by atoms with E-state index < -0.39 is 9.84 Å². The zero-order chi connectivity index (χ0) is 14.5. The predicted octanol–water partition coefficient (Wildman–Crippen LogP) is 2.85. The molecule has 1 aromatic heterocycles. The zero-order valence-electron chi connectivity index (χ0n) is 11.6. The Morgan fingerprint density at radius 2 is 1.75 bits per heavy atom. The van der Waals surface area contributed by atoms with Crippen LogP contribution in [-0.2, 0) is 9.84 Å². The summed E-state index contributed by atoms with van der Waals surface area (Å²) in [5.41, 5.74) is 7.87. The Bertz CT molecular complexity index is 757. The topological polar surface area (TPSA) is 65.1 Å². The maximum absolute atomic E-state index is 12.8. The number of nitrogens with two attached hydrogens (primary N) is 1. The van der Waals surface area contributed by atoms with Crippen molar-refractivity contribution in [1.82, 2.24) is 4.57 Å². The maximum atomic E-state index is 12.8. The standard InChI is InChI=1S/C15H18N2O2S/c1-10-11(2)17(12-8-9-12)15(16)14(10)20(18,19)13-6-4-3-5-7-13/h3-7,12H,8-9,16H2,1-2H3. The zero-order valence-corrected chi connectivity index (χ0v) is 12.4.